The molecule has 31 heavy (non-hydrogen) atoms. The highest BCUT2D eigenvalue weighted by atomic mass is 19.1. The Balaban J connectivity index is 1.49. The van der Waals surface area contributed by atoms with E-state index in [0.717, 1.165) is 11.1 Å². The van der Waals surface area contributed by atoms with E-state index in [2.05, 4.69) is 20.8 Å². The van der Waals surface area contributed by atoms with Crippen molar-refractivity contribution in [3.8, 4) is 5.69 Å². The molecule has 8 heteroatoms. The maximum atomic E-state index is 14.3. The van der Waals surface area contributed by atoms with E-state index in [1.165, 1.54) is 22.9 Å². The minimum absolute atomic E-state index is 0.0250. The fraction of sp³-hybridized carbons (Fsp3) is 0.130. The van der Waals surface area contributed by atoms with Gasteiger partial charge < -0.3 is 10.1 Å². The van der Waals surface area contributed by atoms with Gasteiger partial charge in [0.2, 0.25) is 5.91 Å². The average molecular weight is 417 g/mol. The van der Waals surface area contributed by atoms with Crippen LogP contribution in [0.3, 0.4) is 0 Å². The first-order valence-corrected chi connectivity index (χ1v) is 9.68. The van der Waals surface area contributed by atoms with Gasteiger partial charge in [0.1, 0.15) is 18.5 Å². The Labute approximate surface area is 178 Å². The number of anilines is 1. The monoisotopic (exact) mass is 417 g/mol. The molecule has 3 aromatic carbocycles. The summed E-state index contributed by atoms with van der Waals surface area (Å²) in [6.45, 7) is 1.48. The summed E-state index contributed by atoms with van der Waals surface area (Å²) in [6, 6.07) is 23.5. The van der Waals surface area contributed by atoms with Gasteiger partial charge in [0.25, 0.3) is 0 Å². The molecular formula is C23H20FN5O2. The first-order chi connectivity index (χ1) is 15.1. The van der Waals surface area contributed by atoms with Crippen LogP contribution < -0.4 is 5.32 Å². The van der Waals surface area contributed by atoms with Crippen LogP contribution in [0.2, 0.25) is 0 Å². The lowest BCUT2D eigenvalue weighted by atomic mass is 10.0. The van der Waals surface area contributed by atoms with Crippen LogP contribution in [-0.2, 0) is 9.53 Å². The first-order valence-electron chi connectivity index (χ1n) is 9.68. The van der Waals surface area contributed by atoms with Crippen molar-refractivity contribution >= 4 is 11.6 Å². The van der Waals surface area contributed by atoms with Gasteiger partial charge in [0, 0.05) is 0 Å². The first kappa shape index (κ1) is 20.4. The lowest BCUT2D eigenvalue weighted by Gasteiger charge is -2.19. The lowest BCUT2D eigenvalue weighted by molar-refractivity contribution is -0.121. The van der Waals surface area contributed by atoms with Crippen LogP contribution in [0.25, 0.3) is 5.69 Å². The van der Waals surface area contributed by atoms with Crippen molar-refractivity contribution in [3.05, 3.63) is 102 Å². The van der Waals surface area contributed by atoms with Crippen LogP contribution in [0.1, 0.15) is 23.1 Å². The van der Waals surface area contributed by atoms with Gasteiger partial charge in [-0.2, -0.15) is 4.68 Å². The molecular weight excluding hydrogens is 397 g/mol. The van der Waals surface area contributed by atoms with E-state index in [-0.39, 0.29) is 12.3 Å². The molecule has 0 radical (unpaired) electrons. The molecule has 7 nitrogen and oxygen atoms in total. The van der Waals surface area contributed by atoms with Crippen LogP contribution in [0, 0.1) is 12.7 Å². The van der Waals surface area contributed by atoms with Crippen molar-refractivity contribution in [1.29, 1.82) is 0 Å². The summed E-state index contributed by atoms with van der Waals surface area (Å²) in [5.74, 6) is -0.493. The number of nitrogens with one attached hydrogen (secondary N) is 1. The molecule has 0 aliphatic heterocycles. The Hall–Kier alpha value is -3.91. The molecule has 4 aromatic rings. The van der Waals surface area contributed by atoms with Crippen LogP contribution in [0.15, 0.2) is 78.9 Å². The van der Waals surface area contributed by atoms with Crippen molar-refractivity contribution < 1.29 is 13.9 Å². The van der Waals surface area contributed by atoms with E-state index in [0.29, 0.717) is 11.5 Å². The summed E-state index contributed by atoms with van der Waals surface area (Å²) >= 11 is 0. The number of aryl methyl sites for hydroxylation is 1. The quantitative estimate of drug-likeness (QED) is 0.494. The van der Waals surface area contributed by atoms with Gasteiger partial charge in [0.05, 0.1) is 11.4 Å². The molecule has 1 amide bonds. The Morgan fingerprint density at radius 2 is 1.68 bits per heavy atom. The molecule has 1 heterocycles. The molecule has 0 spiro atoms. The van der Waals surface area contributed by atoms with Crippen molar-refractivity contribution in [3.63, 3.8) is 0 Å². The SMILES string of the molecule is Cc1nnnn1-c1ccc(F)c(NC(=O)COC(c2ccccc2)c2ccccc2)c1. The predicted octanol–water partition coefficient (Wildman–Crippen LogP) is 3.85. The van der Waals surface area contributed by atoms with Crippen molar-refractivity contribution in [2.45, 2.75) is 13.0 Å². The third-order valence-corrected chi connectivity index (χ3v) is 4.68. The van der Waals surface area contributed by atoms with E-state index in [4.69, 9.17) is 4.74 Å². The summed E-state index contributed by atoms with van der Waals surface area (Å²) in [7, 11) is 0. The van der Waals surface area contributed by atoms with E-state index in [9.17, 15) is 9.18 Å². The van der Waals surface area contributed by atoms with Gasteiger partial charge in [0.15, 0.2) is 5.82 Å². The molecule has 0 saturated carbocycles. The molecule has 0 aliphatic carbocycles. The zero-order chi connectivity index (χ0) is 21.6. The van der Waals surface area contributed by atoms with Gasteiger partial charge in [-0.05, 0) is 46.7 Å². The Kier molecular flexibility index (Phi) is 6.09. The van der Waals surface area contributed by atoms with Crippen LogP contribution >= 0.6 is 0 Å². The summed E-state index contributed by atoms with van der Waals surface area (Å²) in [4.78, 5) is 12.5. The number of ether oxygens (including phenoxy) is 1. The van der Waals surface area contributed by atoms with Gasteiger partial charge in [-0.3, -0.25) is 4.79 Å². The fourth-order valence-corrected chi connectivity index (χ4v) is 3.20. The number of tetrazole rings is 1. The number of benzene rings is 3. The lowest BCUT2D eigenvalue weighted by Crippen LogP contribution is -2.21. The Morgan fingerprint density at radius 1 is 1.03 bits per heavy atom. The van der Waals surface area contributed by atoms with Crippen LogP contribution in [0.4, 0.5) is 10.1 Å². The fourth-order valence-electron chi connectivity index (χ4n) is 3.20. The van der Waals surface area contributed by atoms with Gasteiger partial charge in [-0.15, -0.1) is 5.10 Å². The number of hydrogen-bond donors (Lipinski definition) is 1. The molecule has 0 saturated heterocycles. The second-order valence-electron chi connectivity index (χ2n) is 6.86. The maximum Gasteiger partial charge on any atom is 0.250 e. The zero-order valence-corrected chi connectivity index (χ0v) is 16.8. The number of amides is 1. The minimum atomic E-state index is -0.564. The standard InChI is InChI=1S/C23H20FN5O2/c1-16-26-27-28-29(16)19-12-13-20(24)21(14-19)25-22(30)15-31-23(17-8-4-2-5-9-17)18-10-6-3-7-11-18/h2-14,23H,15H2,1H3,(H,25,30). The maximum absolute atomic E-state index is 14.3. The third kappa shape index (κ3) is 4.81. The van der Waals surface area contributed by atoms with E-state index in [1.54, 1.807) is 6.92 Å². The third-order valence-electron chi connectivity index (χ3n) is 4.68. The Morgan fingerprint density at radius 3 is 2.26 bits per heavy atom. The average Bonchev–Trinajstić information content (AvgIpc) is 3.23. The van der Waals surface area contributed by atoms with Gasteiger partial charge >= 0.3 is 0 Å². The molecule has 4 rings (SSSR count). The number of carbonyl (C=O) groups is 1. The van der Waals surface area contributed by atoms with E-state index >= 15 is 0 Å². The molecule has 0 unspecified atom stereocenters. The molecule has 1 aromatic heterocycles. The number of nitrogens with zero attached hydrogens (tertiary/aromatic N) is 4. The molecule has 156 valence electrons. The number of rotatable bonds is 7. The number of hydrogen-bond acceptors (Lipinski definition) is 5. The van der Waals surface area contributed by atoms with E-state index < -0.39 is 17.8 Å². The second-order valence-corrected chi connectivity index (χ2v) is 6.86. The highest BCUT2D eigenvalue weighted by Crippen LogP contribution is 2.26. The summed E-state index contributed by atoms with van der Waals surface area (Å²) in [5.41, 5.74) is 2.40. The smallest absolute Gasteiger partial charge is 0.250 e. The predicted molar refractivity (Wildman–Crippen MR) is 113 cm³/mol. The summed E-state index contributed by atoms with van der Waals surface area (Å²) in [6.07, 6.45) is -0.423. The highest BCUT2D eigenvalue weighted by molar-refractivity contribution is 5.92. The summed E-state index contributed by atoms with van der Waals surface area (Å²) in [5, 5.41) is 13.8. The largest absolute Gasteiger partial charge is 0.359 e. The normalized spacial score (nSPS) is 10.9. The highest BCUT2D eigenvalue weighted by Gasteiger charge is 2.17. The minimum Gasteiger partial charge on any atom is -0.359 e. The van der Waals surface area contributed by atoms with Crippen molar-refractivity contribution in [1.82, 2.24) is 20.2 Å². The topological polar surface area (TPSA) is 81.9 Å². The van der Waals surface area contributed by atoms with E-state index in [1.807, 2.05) is 60.7 Å². The molecule has 0 fully saturated rings. The summed E-state index contributed by atoms with van der Waals surface area (Å²) < 4.78 is 21.7. The molecule has 0 aliphatic rings. The zero-order valence-electron chi connectivity index (χ0n) is 16.8. The van der Waals surface area contributed by atoms with Crippen molar-refractivity contribution in [2.24, 2.45) is 0 Å². The molecule has 1 N–H and O–H groups in total. The van der Waals surface area contributed by atoms with Gasteiger partial charge in [-0.1, -0.05) is 60.7 Å². The number of aromatic nitrogens is 4. The van der Waals surface area contributed by atoms with Crippen molar-refractivity contribution in [2.75, 3.05) is 11.9 Å². The number of carbonyl (C=O) groups excluding carboxylic acids is 1. The number of halogens is 1. The molecule has 0 bridgehead atoms. The van der Waals surface area contributed by atoms with Gasteiger partial charge in [-0.25, -0.2) is 4.39 Å². The second kappa shape index (κ2) is 9.27. The van der Waals surface area contributed by atoms with Crippen LogP contribution in [-0.4, -0.2) is 32.7 Å². The Bertz CT molecular complexity index is 1130. The van der Waals surface area contributed by atoms with Crippen LogP contribution in [0.5, 0.6) is 0 Å². The molecule has 0 atom stereocenters.